The molecule has 2 aromatic carbocycles. The Morgan fingerprint density at radius 1 is 1.03 bits per heavy atom. The summed E-state index contributed by atoms with van der Waals surface area (Å²) >= 11 is 1.70. The first-order valence-corrected chi connectivity index (χ1v) is 12.1. The van der Waals surface area contributed by atoms with Crippen molar-refractivity contribution in [2.24, 2.45) is 0 Å². The zero-order valence-corrected chi connectivity index (χ0v) is 19.3. The van der Waals surface area contributed by atoms with E-state index in [4.69, 9.17) is 4.74 Å². The molecule has 0 unspecified atom stereocenters. The molecular weight excluding hydrogens is 408 g/mol. The topological polar surface area (TPSA) is 49.9 Å². The predicted octanol–water partition coefficient (Wildman–Crippen LogP) is 4.86. The second-order valence-corrected chi connectivity index (χ2v) is 8.73. The fourth-order valence-electron chi connectivity index (χ4n) is 3.97. The number of nitrogens with zero attached hydrogens (tertiary/aromatic N) is 2. The molecule has 0 aliphatic carbocycles. The van der Waals surface area contributed by atoms with Crippen molar-refractivity contribution in [3.8, 4) is 0 Å². The van der Waals surface area contributed by atoms with Gasteiger partial charge >= 0.3 is 5.97 Å². The fraction of sp³-hybridized carbons (Fsp3) is 0.440. The number of ether oxygens (including phenoxy) is 1. The molecule has 5 nitrogen and oxygen atoms in total. The third-order valence-corrected chi connectivity index (χ3v) is 6.63. The van der Waals surface area contributed by atoms with Crippen LogP contribution in [-0.2, 0) is 9.53 Å². The van der Waals surface area contributed by atoms with Gasteiger partial charge in [0.15, 0.2) is 0 Å². The van der Waals surface area contributed by atoms with Crippen LogP contribution in [0.2, 0.25) is 0 Å². The minimum absolute atomic E-state index is 0.191. The highest BCUT2D eigenvalue weighted by molar-refractivity contribution is 7.99. The summed E-state index contributed by atoms with van der Waals surface area (Å²) in [4.78, 5) is 30.2. The quantitative estimate of drug-likeness (QED) is 0.412. The maximum atomic E-state index is 12.6. The smallest absolute Gasteiger partial charge is 0.339 e. The molecule has 1 amide bonds. The first kappa shape index (κ1) is 23.4. The number of carbonyl (C=O) groups excluding carboxylic acids is 2. The molecule has 6 heteroatoms. The highest BCUT2D eigenvalue weighted by Crippen LogP contribution is 2.26. The fourth-order valence-corrected chi connectivity index (χ4v) is 5.02. The highest BCUT2D eigenvalue weighted by Gasteiger charge is 2.28. The molecule has 0 bridgehead atoms. The van der Waals surface area contributed by atoms with Crippen molar-refractivity contribution in [3.05, 3.63) is 60.2 Å². The number of carbonyl (C=O) groups is 2. The van der Waals surface area contributed by atoms with Gasteiger partial charge in [-0.3, -0.25) is 4.79 Å². The van der Waals surface area contributed by atoms with Gasteiger partial charge in [-0.1, -0.05) is 37.3 Å². The van der Waals surface area contributed by atoms with Gasteiger partial charge < -0.3 is 14.5 Å². The molecule has 0 saturated carbocycles. The lowest BCUT2D eigenvalue weighted by Crippen LogP contribution is -2.48. The normalized spacial score (nSPS) is 14.9. The Kier molecular flexibility index (Phi) is 8.98. The molecule has 1 heterocycles. The second-order valence-electron chi connectivity index (χ2n) is 7.59. The minimum Gasteiger partial charge on any atom is -0.462 e. The van der Waals surface area contributed by atoms with Gasteiger partial charge in [0.05, 0.1) is 12.2 Å². The van der Waals surface area contributed by atoms with Gasteiger partial charge in [0.25, 0.3) is 0 Å². The van der Waals surface area contributed by atoms with Gasteiger partial charge in [-0.15, -0.1) is 11.8 Å². The molecule has 0 aromatic heterocycles. The maximum Gasteiger partial charge on any atom is 0.339 e. The van der Waals surface area contributed by atoms with Crippen LogP contribution in [0.5, 0.6) is 0 Å². The molecule has 2 aromatic rings. The van der Waals surface area contributed by atoms with Gasteiger partial charge in [0.2, 0.25) is 5.91 Å². The molecule has 166 valence electrons. The Morgan fingerprint density at radius 3 is 2.39 bits per heavy atom. The van der Waals surface area contributed by atoms with E-state index >= 15 is 0 Å². The SMILES string of the molecule is CCOC(=O)c1ccccc1SCCN1CCC(N(C(=O)CC)c2ccccc2)CC1. The first-order chi connectivity index (χ1) is 15.1. The van der Waals surface area contributed by atoms with Crippen molar-refractivity contribution in [2.75, 3.05) is 36.9 Å². The van der Waals surface area contributed by atoms with Crippen molar-refractivity contribution in [2.45, 2.75) is 44.0 Å². The molecular formula is C25H32N2O3S. The van der Waals surface area contributed by atoms with Crippen LogP contribution in [0.1, 0.15) is 43.5 Å². The number of hydrogen-bond acceptors (Lipinski definition) is 5. The Balaban J connectivity index is 1.52. The molecule has 0 N–H and O–H groups in total. The standard InChI is InChI=1S/C25H32N2O3S/c1-3-24(28)27(20-10-6-5-7-11-20)21-14-16-26(17-15-21)18-19-31-23-13-9-8-12-22(23)25(29)30-4-2/h5-13,21H,3-4,14-19H2,1-2H3. The Hall–Kier alpha value is -2.31. The summed E-state index contributed by atoms with van der Waals surface area (Å²) in [6.45, 7) is 7.05. The zero-order valence-electron chi connectivity index (χ0n) is 18.5. The van der Waals surface area contributed by atoms with Crippen LogP contribution in [0.3, 0.4) is 0 Å². The number of piperidine rings is 1. The molecule has 0 atom stereocenters. The van der Waals surface area contributed by atoms with E-state index in [0.29, 0.717) is 18.6 Å². The Labute approximate surface area is 189 Å². The molecule has 1 fully saturated rings. The zero-order chi connectivity index (χ0) is 22.1. The van der Waals surface area contributed by atoms with E-state index in [1.807, 2.05) is 73.3 Å². The average Bonchev–Trinajstić information content (AvgIpc) is 2.81. The van der Waals surface area contributed by atoms with E-state index in [-0.39, 0.29) is 17.9 Å². The van der Waals surface area contributed by atoms with Crippen molar-refractivity contribution in [1.29, 1.82) is 0 Å². The van der Waals surface area contributed by atoms with Crippen LogP contribution >= 0.6 is 11.8 Å². The number of benzene rings is 2. The van der Waals surface area contributed by atoms with Crippen LogP contribution < -0.4 is 4.90 Å². The van der Waals surface area contributed by atoms with E-state index in [2.05, 4.69) is 4.90 Å². The lowest BCUT2D eigenvalue weighted by Gasteiger charge is -2.38. The maximum absolute atomic E-state index is 12.6. The minimum atomic E-state index is -0.256. The number of amides is 1. The third-order valence-electron chi connectivity index (χ3n) is 5.58. The van der Waals surface area contributed by atoms with Crippen LogP contribution in [0.25, 0.3) is 0 Å². The van der Waals surface area contributed by atoms with E-state index in [9.17, 15) is 9.59 Å². The van der Waals surface area contributed by atoms with Crippen molar-refractivity contribution in [3.63, 3.8) is 0 Å². The van der Waals surface area contributed by atoms with Gasteiger partial charge in [-0.2, -0.15) is 0 Å². The Bertz CT molecular complexity index is 851. The van der Waals surface area contributed by atoms with Gasteiger partial charge in [0, 0.05) is 48.4 Å². The molecule has 0 spiro atoms. The van der Waals surface area contributed by atoms with Crippen LogP contribution in [0.4, 0.5) is 5.69 Å². The van der Waals surface area contributed by atoms with Crippen molar-refractivity contribution in [1.82, 2.24) is 4.90 Å². The third kappa shape index (κ3) is 6.34. The molecule has 1 saturated heterocycles. The average molecular weight is 441 g/mol. The number of anilines is 1. The lowest BCUT2D eigenvalue weighted by atomic mass is 10.0. The summed E-state index contributed by atoms with van der Waals surface area (Å²) in [6, 6.07) is 17.9. The molecule has 31 heavy (non-hydrogen) atoms. The first-order valence-electron chi connectivity index (χ1n) is 11.1. The molecule has 1 aliphatic rings. The van der Waals surface area contributed by atoms with E-state index < -0.39 is 0 Å². The van der Waals surface area contributed by atoms with Crippen LogP contribution in [-0.4, -0.2) is 54.8 Å². The number of hydrogen-bond donors (Lipinski definition) is 0. The number of thioether (sulfide) groups is 1. The monoisotopic (exact) mass is 440 g/mol. The number of likely N-dealkylation sites (tertiary alicyclic amines) is 1. The Morgan fingerprint density at radius 2 is 1.71 bits per heavy atom. The van der Waals surface area contributed by atoms with Gasteiger partial charge in [-0.25, -0.2) is 4.79 Å². The molecule has 1 aliphatic heterocycles. The largest absolute Gasteiger partial charge is 0.462 e. The number of para-hydroxylation sites is 1. The lowest BCUT2D eigenvalue weighted by molar-refractivity contribution is -0.119. The van der Waals surface area contributed by atoms with Crippen LogP contribution in [0, 0.1) is 0 Å². The highest BCUT2D eigenvalue weighted by atomic mass is 32.2. The van der Waals surface area contributed by atoms with Gasteiger partial charge in [-0.05, 0) is 44.0 Å². The summed E-state index contributed by atoms with van der Waals surface area (Å²) in [6.07, 6.45) is 2.47. The summed E-state index contributed by atoms with van der Waals surface area (Å²) in [5.74, 6) is 0.848. The molecule has 0 radical (unpaired) electrons. The summed E-state index contributed by atoms with van der Waals surface area (Å²) in [5, 5.41) is 0. The predicted molar refractivity (Wildman–Crippen MR) is 127 cm³/mol. The summed E-state index contributed by atoms with van der Waals surface area (Å²) in [7, 11) is 0. The van der Waals surface area contributed by atoms with Crippen molar-refractivity contribution >= 4 is 29.3 Å². The van der Waals surface area contributed by atoms with Crippen molar-refractivity contribution < 1.29 is 14.3 Å². The number of rotatable bonds is 9. The van der Waals surface area contributed by atoms with E-state index in [0.717, 1.165) is 48.8 Å². The van der Waals surface area contributed by atoms with E-state index in [1.54, 1.807) is 11.8 Å². The van der Waals surface area contributed by atoms with E-state index in [1.165, 1.54) is 0 Å². The second kappa shape index (κ2) is 11.9. The number of esters is 1. The van der Waals surface area contributed by atoms with Gasteiger partial charge in [0.1, 0.15) is 0 Å². The van der Waals surface area contributed by atoms with Crippen LogP contribution in [0.15, 0.2) is 59.5 Å². The summed E-state index contributed by atoms with van der Waals surface area (Å²) in [5.41, 5.74) is 1.64. The molecule has 3 rings (SSSR count). The summed E-state index contributed by atoms with van der Waals surface area (Å²) < 4.78 is 5.17.